The van der Waals surface area contributed by atoms with Crippen molar-refractivity contribution in [2.24, 2.45) is 5.92 Å². The molecule has 0 aliphatic heterocycles. The van der Waals surface area contributed by atoms with Gasteiger partial charge in [0.1, 0.15) is 0 Å². The lowest BCUT2D eigenvalue weighted by Gasteiger charge is -2.14. The van der Waals surface area contributed by atoms with Crippen molar-refractivity contribution >= 4 is 29.2 Å². The minimum Gasteiger partial charge on any atom is -0.465 e. The van der Waals surface area contributed by atoms with E-state index in [0.717, 1.165) is 16.7 Å². The van der Waals surface area contributed by atoms with Gasteiger partial charge in [0.25, 0.3) is 0 Å². The lowest BCUT2D eigenvalue weighted by molar-refractivity contribution is -0.144. The predicted molar refractivity (Wildman–Crippen MR) is 111 cm³/mol. The summed E-state index contributed by atoms with van der Waals surface area (Å²) in [5, 5.41) is 1.21. The Kier molecular flexibility index (Phi) is 8.28. The van der Waals surface area contributed by atoms with Crippen LogP contribution < -0.4 is 0 Å². The zero-order valence-electron chi connectivity index (χ0n) is 14.9. The Morgan fingerprint density at radius 2 is 1.56 bits per heavy atom. The Labute approximate surface area is 170 Å². The van der Waals surface area contributed by atoms with Gasteiger partial charge in [0, 0.05) is 35.2 Å². The minimum absolute atomic E-state index is 0.0128. The van der Waals surface area contributed by atoms with Crippen molar-refractivity contribution in [3.63, 3.8) is 0 Å². The first-order valence-electron chi connectivity index (χ1n) is 8.57. The van der Waals surface area contributed by atoms with Gasteiger partial charge in [0.2, 0.25) is 0 Å². The summed E-state index contributed by atoms with van der Waals surface area (Å²) >= 11 is 12.5. The second-order valence-electron chi connectivity index (χ2n) is 6.19. The summed E-state index contributed by atoms with van der Waals surface area (Å²) in [6, 6.07) is 13.1. The quantitative estimate of drug-likeness (QED) is 0.443. The molecule has 27 heavy (non-hydrogen) atoms. The molecule has 4 heteroatoms. The summed E-state index contributed by atoms with van der Waals surface area (Å²) in [6.45, 7) is 0.228. The highest BCUT2D eigenvalue weighted by molar-refractivity contribution is 6.36. The summed E-state index contributed by atoms with van der Waals surface area (Å²) < 4.78 is 5.38. The predicted octanol–water partition coefficient (Wildman–Crippen LogP) is 5.33. The van der Waals surface area contributed by atoms with Crippen LogP contribution in [0.5, 0.6) is 0 Å². The number of ether oxygens (including phenoxy) is 1. The molecule has 0 aromatic heterocycles. The lowest BCUT2D eigenvalue weighted by Crippen LogP contribution is -2.16. The van der Waals surface area contributed by atoms with Crippen LogP contribution in [-0.2, 0) is 22.4 Å². The van der Waals surface area contributed by atoms with Gasteiger partial charge in [-0.3, -0.25) is 4.79 Å². The molecule has 0 saturated carbocycles. The highest BCUT2D eigenvalue weighted by atomic mass is 35.5. The van der Waals surface area contributed by atoms with E-state index < -0.39 is 0 Å². The highest BCUT2D eigenvalue weighted by Crippen LogP contribution is 2.28. The second-order valence-corrected chi connectivity index (χ2v) is 7.00. The molecule has 2 nitrogen and oxygen atoms in total. The van der Waals surface area contributed by atoms with Gasteiger partial charge >= 0.3 is 5.97 Å². The van der Waals surface area contributed by atoms with Crippen molar-refractivity contribution in [1.29, 1.82) is 0 Å². The van der Waals surface area contributed by atoms with Gasteiger partial charge in [-0.15, -0.1) is 24.7 Å². The molecule has 0 amide bonds. The minimum atomic E-state index is -0.313. The summed E-state index contributed by atoms with van der Waals surface area (Å²) in [7, 11) is 0. The van der Waals surface area contributed by atoms with E-state index in [1.807, 2.05) is 24.3 Å². The van der Waals surface area contributed by atoms with Gasteiger partial charge in [0.05, 0.1) is 13.0 Å². The molecule has 2 rings (SSSR count). The molecule has 0 bridgehead atoms. The van der Waals surface area contributed by atoms with Crippen LogP contribution in [0.4, 0.5) is 0 Å². The molecule has 2 aromatic carbocycles. The van der Waals surface area contributed by atoms with E-state index >= 15 is 0 Å². The van der Waals surface area contributed by atoms with Crippen molar-refractivity contribution in [3.8, 4) is 24.7 Å². The number of hydrogen-bond acceptors (Lipinski definition) is 2. The number of benzene rings is 2. The normalized spacial score (nSPS) is 10.3. The van der Waals surface area contributed by atoms with Gasteiger partial charge in [-0.1, -0.05) is 53.5 Å². The molecule has 0 N–H and O–H groups in total. The number of hydrogen-bond donors (Lipinski definition) is 0. The molecule has 0 fully saturated rings. The molecular weight excluding hydrogens is 379 g/mol. The fraction of sp³-hybridized carbons (Fsp3) is 0.261. The summed E-state index contributed by atoms with van der Waals surface area (Å²) in [4.78, 5) is 12.3. The maximum Gasteiger partial charge on any atom is 0.310 e. The maximum atomic E-state index is 12.3. The summed E-state index contributed by atoms with van der Waals surface area (Å²) in [5.41, 5.74) is 2.70. The first-order chi connectivity index (χ1) is 13.0. The number of esters is 1. The topological polar surface area (TPSA) is 26.3 Å². The van der Waals surface area contributed by atoms with Gasteiger partial charge in [-0.25, -0.2) is 0 Å². The van der Waals surface area contributed by atoms with E-state index in [-0.39, 0.29) is 24.9 Å². The summed E-state index contributed by atoms with van der Waals surface area (Å²) in [5.74, 6) is 4.80. The van der Waals surface area contributed by atoms with Gasteiger partial charge < -0.3 is 4.74 Å². The maximum absolute atomic E-state index is 12.3. The standard InChI is InChI=1S/C23H20Cl2O2/c1-3-8-17(9-4-2)16-27-23(26)15-19-11-6-5-10-18(19)14-20-21(24)12-7-13-22(20)25/h1-2,5-7,10-13,17H,8-9,14-16H2. The molecule has 2 aromatic rings. The Balaban J connectivity index is 2.06. The first kappa shape index (κ1) is 20.9. The fourth-order valence-electron chi connectivity index (χ4n) is 2.73. The SMILES string of the molecule is C#CCC(CC#C)COC(=O)Cc1ccccc1Cc1c(Cl)cccc1Cl. The number of carbonyl (C=O) groups excluding carboxylic acids is 1. The number of halogens is 2. The molecule has 0 unspecified atom stereocenters. The van der Waals surface area contributed by atoms with E-state index in [2.05, 4.69) is 11.8 Å². The van der Waals surface area contributed by atoms with Crippen LogP contribution >= 0.6 is 23.2 Å². The Morgan fingerprint density at radius 3 is 2.15 bits per heavy atom. The summed E-state index contributed by atoms with van der Waals surface area (Å²) in [6.07, 6.45) is 12.3. The Morgan fingerprint density at radius 1 is 0.963 bits per heavy atom. The third-order valence-electron chi connectivity index (χ3n) is 4.18. The average molecular weight is 399 g/mol. The van der Waals surface area contributed by atoms with E-state index in [9.17, 15) is 4.79 Å². The van der Waals surface area contributed by atoms with Crippen LogP contribution in [0.25, 0.3) is 0 Å². The Hall–Kier alpha value is -2.39. The smallest absolute Gasteiger partial charge is 0.310 e. The van der Waals surface area contributed by atoms with Crippen molar-refractivity contribution in [2.45, 2.75) is 25.7 Å². The van der Waals surface area contributed by atoms with Crippen molar-refractivity contribution in [3.05, 3.63) is 69.2 Å². The molecule has 0 atom stereocenters. The molecule has 0 aliphatic carbocycles. The van der Waals surface area contributed by atoms with Crippen molar-refractivity contribution < 1.29 is 9.53 Å². The molecule has 0 aliphatic rings. The lowest BCUT2D eigenvalue weighted by atomic mass is 9.98. The van der Waals surface area contributed by atoms with E-state index in [4.69, 9.17) is 40.8 Å². The van der Waals surface area contributed by atoms with E-state index in [1.165, 1.54) is 0 Å². The van der Waals surface area contributed by atoms with Crippen LogP contribution in [0.15, 0.2) is 42.5 Å². The van der Waals surface area contributed by atoms with Crippen molar-refractivity contribution in [1.82, 2.24) is 0 Å². The second kappa shape index (κ2) is 10.7. The highest BCUT2D eigenvalue weighted by Gasteiger charge is 2.14. The fourth-order valence-corrected chi connectivity index (χ4v) is 3.27. The number of terminal acetylenes is 2. The van der Waals surface area contributed by atoms with Gasteiger partial charge in [-0.05, 0) is 28.8 Å². The molecule has 0 spiro atoms. The zero-order chi connectivity index (χ0) is 19.6. The average Bonchev–Trinajstić information content (AvgIpc) is 2.64. The van der Waals surface area contributed by atoms with Crippen molar-refractivity contribution in [2.75, 3.05) is 6.61 Å². The largest absolute Gasteiger partial charge is 0.465 e. The Bertz CT molecular complexity index is 838. The number of carbonyl (C=O) groups is 1. The third kappa shape index (κ3) is 6.37. The zero-order valence-corrected chi connectivity index (χ0v) is 16.4. The van der Waals surface area contributed by atoms with Crippen LogP contribution in [0.1, 0.15) is 29.5 Å². The molecular formula is C23H20Cl2O2. The molecule has 0 saturated heterocycles. The molecule has 0 radical (unpaired) electrons. The first-order valence-corrected chi connectivity index (χ1v) is 9.33. The van der Waals surface area contributed by atoms with Crippen LogP contribution in [0.3, 0.4) is 0 Å². The third-order valence-corrected chi connectivity index (χ3v) is 4.88. The number of rotatable bonds is 8. The van der Waals surface area contributed by atoms with Crippen LogP contribution in [0, 0.1) is 30.6 Å². The van der Waals surface area contributed by atoms with Gasteiger partial charge in [-0.2, -0.15) is 0 Å². The van der Waals surface area contributed by atoms with Crippen LogP contribution in [0.2, 0.25) is 10.0 Å². The van der Waals surface area contributed by atoms with E-state index in [0.29, 0.717) is 29.3 Å². The van der Waals surface area contributed by atoms with Crippen LogP contribution in [-0.4, -0.2) is 12.6 Å². The van der Waals surface area contributed by atoms with E-state index in [1.54, 1.807) is 18.2 Å². The molecule has 138 valence electrons. The molecule has 0 heterocycles. The monoisotopic (exact) mass is 398 g/mol. The van der Waals surface area contributed by atoms with Gasteiger partial charge in [0.15, 0.2) is 0 Å².